The van der Waals surface area contributed by atoms with Crippen LogP contribution in [-0.4, -0.2) is 6.15 Å². The first-order valence-electron chi connectivity index (χ1n) is 13.5. The molecule has 2 aliphatic rings. The first-order chi connectivity index (χ1) is 18.3. The second kappa shape index (κ2) is 16.4. The molecule has 2 atom stereocenters. The van der Waals surface area contributed by atoms with Gasteiger partial charge in [-0.2, -0.15) is 9.59 Å². The van der Waals surface area contributed by atoms with Crippen molar-refractivity contribution < 1.29 is 14.0 Å². The van der Waals surface area contributed by atoms with Crippen molar-refractivity contribution in [2.24, 2.45) is 10.8 Å². The average Bonchev–Trinajstić information content (AvgIpc) is 3.23. The Morgan fingerprint density at radius 3 is 2.21 bits per heavy atom. The summed E-state index contributed by atoms with van der Waals surface area (Å²) in [4.78, 5) is 16.2. The third-order valence-electron chi connectivity index (χ3n) is 7.72. The lowest BCUT2D eigenvalue weighted by molar-refractivity contribution is -0.191. The van der Waals surface area contributed by atoms with Crippen LogP contribution in [0.15, 0.2) is 96.6 Å². The summed E-state index contributed by atoms with van der Waals surface area (Å²) in [6.45, 7) is 14.7. The minimum atomic E-state index is -0.178. The monoisotopic (exact) mass is 517 g/mol. The van der Waals surface area contributed by atoms with E-state index in [1.807, 2.05) is 64.1 Å². The zero-order valence-electron chi connectivity index (χ0n) is 23.7. The predicted molar refractivity (Wildman–Crippen MR) is 157 cm³/mol. The Labute approximate surface area is 229 Å². The Morgan fingerprint density at radius 1 is 1.05 bits per heavy atom. The highest BCUT2D eigenvalue weighted by Gasteiger charge is 2.52. The maximum Gasteiger partial charge on any atom is 0.373 e. The molecule has 1 saturated carbocycles. The molecule has 0 spiro atoms. The molecule has 2 aromatic rings. The number of hydrogen-bond donors (Lipinski definition) is 1. The molecule has 4 rings (SSSR count). The van der Waals surface area contributed by atoms with Crippen molar-refractivity contribution in [3.8, 4) is 0 Å². The molecule has 38 heavy (non-hydrogen) atoms. The van der Waals surface area contributed by atoms with Gasteiger partial charge < -0.3 is 5.73 Å². The largest absolute Gasteiger partial charge is 0.399 e. The third-order valence-corrected chi connectivity index (χ3v) is 7.72. The van der Waals surface area contributed by atoms with E-state index < -0.39 is 0 Å². The number of nitrogens with two attached hydrogens (primary N) is 1. The van der Waals surface area contributed by atoms with Crippen LogP contribution in [0.1, 0.15) is 71.4 Å². The molecular formula is C34H44FNO2. The number of carbonyl (C=O) groups excluding carboxylic acids is 2. The highest BCUT2D eigenvalue weighted by molar-refractivity contribution is 5.47. The lowest BCUT2D eigenvalue weighted by Crippen LogP contribution is -2.35. The zero-order chi connectivity index (χ0) is 28.6. The van der Waals surface area contributed by atoms with E-state index in [1.54, 1.807) is 12.1 Å². The molecular weight excluding hydrogens is 473 g/mol. The first-order valence-corrected chi connectivity index (χ1v) is 13.5. The van der Waals surface area contributed by atoms with Gasteiger partial charge in [-0.3, -0.25) is 0 Å². The summed E-state index contributed by atoms with van der Waals surface area (Å²) in [5.41, 5.74) is 12.6. The van der Waals surface area contributed by atoms with Crippen molar-refractivity contribution in [1.29, 1.82) is 0 Å². The number of benzene rings is 2. The number of halogens is 1. The molecule has 0 aromatic heterocycles. The van der Waals surface area contributed by atoms with Gasteiger partial charge in [0.2, 0.25) is 0 Å². The fourth-order valence-corrected chi connectivity index (χ4v) is 5.32. The standard InChI is InChI=1S/C27H30FN.C4H8.C2H6.CO2/c1-3-27(16-13-22-6-4-5-7-25(22)29)17-14-23-19-21(12-15-26(23,27)2)18-20-8-10-24(28)11-9-20;1-3-4-2;1-2;2-1-3/h3-12,19H,1,13-18,29H2,2H3;3-4H,1-2H3;1-2H3;/b;4-3-;;. The number of fused-ring (bicyclic) bond motifs is 1. The lowest BCUT2D eigenvalue weighted by atomic mass is 9.59. The van der Waals surface area contributed by atoms with Crippen LogP contribution in [0, 0.1) is 16.6 Å². The smallest absolute Gasteiger partial charge is 0.373 e. The van der Waals surface area contributed by atoms with E-state index in [-0.39, 0.29) is 22.8 Å². The van der Waals surface area contributed by atoms with E-state index in [9.17, 15) is 4.39 Å². The highest BCUT2D eigenvalue weighted by Crippen LogP contribution is 2.62. The fraction of sp³-hybridized carbons (Fsp3) is 0.382. The van der Waals surface area contributed by atoms with Gasteiger partial charge in [0.25, 0.3) is 0 Å². The fourth-order valence-electron chi connectivity index (χ4n) is 5.32. The van der Waals surface area contributed by atoms with Crippen LogP contribution < -0.4 is 5.73 Å². The van der Waals surface area contributed by atoms with Crippen molar-refractivity contribution >= 4 is 11.8 Å². The van der Waals surface area contributed by atoms with Gasteiger partial charge in [-0.1, -0.05) is 87.1 Å². The van der Waals surface area contributed by atoms with E-state index in [2.05, 4.69) is 43.9 Å². The van der Waals surface area contributed by atoms with Gasteiger partial charge in [-0.15, -0.1) is 6.58 Å². The normalized spacial score (nSPS) is 21.1. The average molecular weight is 518 g/mol. The molecule has 0 radical (unpaired) electrons. The zero-order valence-corrected chi connectivity index (χ0v) is 23.7. The Hall–Kier alpha value is -3.49. The SMILES string of the molecule is C/C=C\C.C=CC1(CCc2ccccc2N)CCC2=CC(Cc3ccc(F)cc3)=CCC21C.CC.O=C=O. The van der Waals surface area contributed by atoms with Gasteiger partial charge in [0.1, 0.15) is 5.82 Å². The summed E-state index contributed by atoms with van der Waals surface area (Å²) in [5.74, 6) is -0.178. The predicted octanol–water partition coefficient (Wildman–Crippen LogP) is 8.84. The number of anilines is 1. The number of allylic oxidation sites excluding steroid dienone is 7. The Bertz CT molecular complexity index is 1140. The maximum atomic E-state index is 13.2. The van der Waals surface area contributed by atoms with Crippen molar-refractivity contribution in [2.45, 2.75) is 73.1 Å². The topological polar surface area (TPSA) is 60.2 Å². The van der Waals surface area contributed by atoms with Crippen LogP contribution in [0.3, 0.4) is 0 Å². The molecule has 4 heteroatoms. The third kappa shape index (κ3) is 8.26. The Balaban J connectivity index is 0.000000708. The molecule has 0 amide bonds. The second-order valence-corrected chi connectivity index (χ2v) is 9.60. The van der Waals surface area contributed by atoms with Crippen LogP contribution in [0.2, 0.25) is 0 Å². The van der Waals surface area contributed by atoms with Gasteiger partial charge >= 0.3 is 6.15 Å². The van der Waals surface area contributed by atoms with Crippen LogP contribution in [0.4, 0.5) is 10.1 Å². The Morgan fingerprint density at radius 2 is 1.66 bits per heavy atom. The highest BCUT2D eigenvalue weighted by atomic mass is 19.1. The molecule has 0 bridgehead atoms. The molecule has 0 saturated heterocycles. The summed E-state index contributed by atoms with van der Waals surface area (Å²) in [5, 5.41) is 0. The summed E-state index contributed by atoms with van der Waals surface area (Å²) in [7, 11) is 0. The van der Waals surface area contributed by atoms with E-state index in [0.717, 1.165) is 49.8 Å². The summed E-state index contributed by atoms with van der Waals surface area (Å²) < 4.78 is 13.2. The number of hydrogen-bond acceptors (Lipinski definition) is 3. The van der Waals surface area contributed by atoms with Crippen LogP contribution in [0.25, 0.3) is 0 Å². The van der Waals surface area contributed by atoms with Crippen molar-refractivity contribution in [3.05, 3.63) is 114 Å². The van der Waals surface area contributed by atoms with Gasteiger partial charge in [0.15, 0.2) is 0 Å². The Kier molecular flexibility index (Phi) is 14.0. The first kappa shape index (κ1) is 32.5. The summed E-state index contributed by atoms with van der Waals surface area (Å²) in [6, 6.07) is 15.1. The number of nitrogen functional groups attached to an aromatic ring is 1. The quantitative estimate of drug-likeness (QED) is 0.307. The van der Waals surface area contributed by atoms with Gasteiger partial charge in [0.05, 0.1) is 0 Å². The van der Waals surface area contributed by atoms with Crippen LogP contribution in [-0.2, 0) is 22.4 Å². The number of para-hydroxylation sites is 1. The molecule has 0 heterocycles. The van der Waals surface area contributed by atoms with Gasteiger partial charge in [0, 0.05) is 11.1 Å². The molecule has 2 aliphatic carbocycles. The van der Waals surface area contributed by atoms with Gasteiger partial charge in [-0.05, 0) is 92.7 Å². The summed E-state index contributed by atoms with van der Waals surface area (Å²) >= 11 is 0. The van der Waals surface area contributed by atoms with Crippen LogP contribution in [0.5, 0.6) is 0 Å². The molecule has 2 N–H and O–H groups in total. The van der Waals surface area contributed by atoms with E-state index in [0.29, 0.717) is 0 Å². The minimum Gasteiger partial charge on any atom is -0.399 e. The molecule has 1 fully saturated rings. The summed E-state index contributed by atoms with van der Waals surface area (Å²) in [6.07, 6.45) is 17.4. The molecule has 2 aromatic carbocycles. The second-order valence-electron chi connectivity index (χ2n) is 9.60. The molecule has 0 aliphatic heterocycles. The van der Waals surface area contributed by atoms with E-state index in [4.69, 9.17) is 15.3 Å². The molecule has 204 valence electrons. The van der Waals surface area contributed by atoms with Crippen molar-refractivity contribution in [3.63, 3.8) is 0 Å². The van der Waals surface area contributed by atoms with Gasteiger partial charge in [-0.25, -0.2) is 4.39 Å². The minimum absolute atomic E-state index is 0.0963. The van der Waals surface area contributed by atoms with E-state index in [1.165, 1.54) is 16.7 Å². The maximum absolute atomic E-state index is 13.2. The number of aryl methyl sites for hydroxylation is 1. The van der Waals surface area contributed by atoms with Crippen molar-refractivity contribution in [1.82, 2.24) is 0 Å². The number of rotatable bonds is 6. The van der Waals surface area contributed by atoms with Crippen molar-refractivity contribution in [2.75, 3.05) is 5.73 Å². The van der Waals surface area contributed by atoms with E-state index >= 15 is 0 Å². The van der Waals surface area contributed by atoms with Crippen LogP contribution >= 0.6 is 0 Å². The molecule has 2 unspecified atom stereocenters. The lowest BCUT2D eigenvalue weighted by Gasteiger charge is -2.44. The molecule has 3 nitrogen and oxygen atoms in total.